The maximum atomic E-state index is 11.9. The maximum absolute atomic E-state index is 11.9. The number of hydrogen-bond acceptors (Lipinski definition) is 4. The average molecular weight is 233 g/mol. The van der Waals surface area contributed by atoms with Crippen molar-refractivity contribution in [2.24, 2.45) is 0 Å². The second-order valence-corrected chi connectivity index (χ2v) is 3.60. The van der Waals surface area contributed by atoms with E-state index in [9.17, 15) is 4.79 Å². The first-order valence-corrected chi connectivity index (χ1v) is 5.26. The number of nitriles is 1. The van der Waals surface area contributed by atoms with Crippen LogP contribution in [0.15, 0.2) is 12.1 Å². The first-order chi connectivity index (χ1) is 8.13. The number of ether oxygens (including phenoxy) is 2. The molecule has 1 rings (SSSR count). The zero-order valence-electron chi connectivity index (χ0n) is 10.2. The molecule has 1 aromatic rings. The van der Waals surface area contributed by atoms with Crippen LogP contribution < -0.4 is 9.47 Å². The molecule has 0 bridgehead atoms. The van der Waals surface area contributed by atoms with Crippen molar-refractivity contribution in [1.82, 2.24) is 0 Å². The van der Waals surface area contributed by atoms with Crippen LogP contribution in [-0.2, 0) is 0 Å². The lowest BCUT2D eigenvalue weighted by Gasteiger charge is -2.11. The number of Topliss-reactive ketones (excluding diaryl/α,β-unsaturated/α-hetero) is 1. The van der Waals surface area contributed by atoms with Crippen LogP contribution >= 0.6 is 0 Å². The van der Waals surface area contributed by atoms with Crippen LogP contribution in [-0.4, -0.2) is 20.0 Å². The molecule has 0 radical (unpaired) electrons. The number of benzene rings is 1. The molecule has 0 fully saturated rings. The number of carbonyl (C=O) groups is 1. The fourth-order valence-electron chi connectivity index (χ4n) is 1.57. The van der Waals surface area contributed by atoms with Gasteiger partial charge in [0, 0.05) is 12.8 Å². The third kappa shape index (κ3) is 2.97. The van der Waals surface area contributed by atoms with E-state index < -0.39 is 0 Å². The summed E-state index contributed by atoms with van der Waals surface area (Å²) in [7, 11) is 3.07. The summed E-state index contributed by atoms with van der Waals surface area (Å²) in [5, 5.41) is 8.48. The van der Waals surface area contributed by atoms with Gasteiger partial charge in [0.1, 0.15) is 11.5 Å². The van der Waals surface area contributed by atoms with Crippen LogP contribution in [0.25, 0.3) is 0 Å². The maximum Gasteiger partial charge on any atom is 0.167 e. The predicted molar refractivity (Wildman–Crippen MR) is 63.5 cm³/mol. The molecular weight excluding hydrogens is 218 g/mol. The molecule has 0 aliphatic rings. The molecule has 0 N–H and O–H groups in total. The molecule has 0 atom stereocenters. The number of hydrogen-bond donors (Lipinski definition) is 0. The van der Waals surface area contributed by atoms with Crippen LogP contribution in [0.3, 0.4) is 0 Å². The van der Waals surface area contributed by atoms with E-state index in [1.807, 2.05) is 13.0 Å². The first kappa shape index (κ1) is 13.0. The van der Waals surface area contributed by atoms with E-state index in [0.717, 1.165) is 5.56 Å². The Labute approximate surface area is 101 Å². The van der Waals surface area contributed by atoms with Crippen molar-refractivity contribution < 1.29 is 14.3 Å². The lowest BCUT2D eigenvalue weighted by molar-refractivity contribution is 0.0981. The van der Waals surface area contributed by atoms with Gasteiger partial charge in [0.25, 0.3) is 0 Å². The molecule has 0 aliphatic heterocycles. The molecule has 4 nitrogen and oxygen atoms in total. The largest absolute Gasteiger partial charge is 0.496 e. The molecule has 0 spiro atoms. The third-order valence-electron chi connectivity index (χ3n) is 2.48. The zero-order valence-corrected chi connectivity index (χ0v) is 10.2. The summed E-state index contributed by atoms with van der Waals surface area (Å²) in [6.07, 6.45) is 0.400. The third-order valence-corrected chi connectivity index (χ3v) is 2.48. The topological polar surface area (TPSA) is 59.3 Å². The molecule has 0 unspecified atom stereocenters. The van der Waals surface area contributed by atoms with Crippen LogP contribution in [0.4, 0.5) is 0 Å². The molecule has 0 heterocycles. The van der Waals surface area contributed by atoms with Crippen molar-refractivity contribution in [1.29, 1.82) is 5.26 Å². The number of ketones is 1. The monoisotopic (exact) mass is 233 g/mol. The van der Waals surface area contributed by atoms with Crippen LogP contribution in [0.5, 0.6) is 11.5 Å². The molecule has 1 aromatic carbocycles. The summed E-state index contributed by atoms with van der Waals surface area (Å²) in [6, 6.07) is 5.38. The fourth-order valence-corrected chi connectivity index (χ4v) is 1.57. The molecule has 0 saturated carbocycles. The van der Waals surface area contributed by atoms with Crippen molar-refractivity contribution in [3.05, 3.63) is 23.3 Å². The van der Waals surface area contributed by atoms with Gasteiger partial charge in [-0.25, -0.2) is 0 Å². The average Bonchev–Trinajstić information content (AvgIpc) is 2.35. The minimum absolute atomic E-state index is 0.110. The Balaban J connectivity index is 3.12. The van der Waals surface area contributed by atoms with Gasteiger partial charge in [0.2, 0.25) is 0 Å². The quantitative estimate of drug-likeness (QED) is 0.733. The number of carbonyl (C=O) groups excluding carboxylic acids is 1. The summed E-state index contributed by atoms with van der Waals surface area (Å²) in [5.41, 5.74) is 1.37. The lowest BCUT2D eigenvalue weighted by Crippen LogP contribution is -2.03. The van der Waals surface area contributed by atoms with E-state index >= 15 is 0 Å². The van der Waals surface area contributed by atoms with E-state index in [4.69, 9.17) is 14.7 Å². The van der Waals surface area contributed by atoms with Crippen molar-refractivity contribution >= 4 is 5.78 Å². The number of rotatable bonds is 5. The van der Waals surface area contributed by atoms with Crippen LogP contribution in [0.1, 0.15) is 28.8 Å². The summed E-state index contributed by atoms with van der Waals surface area (Å²) in [5.74, 6) is 1.05. The number of nitrogens with zero attached hydrogens (tertiary/aromatic N) is 1. The van der Waals surface area contributed by atoms with Gasteiger partial charge in [-0.15, -0.1) is 0 Å². The zero-order chi connectivity index (χ0) is 12.8. The predicted octanol–water partition coefficient (Wildman–Crippen LogP) is 2.50. The van der Waals surface area contributed by atoms with Crippen molar-refractivity contribution in [3.8, 4) is 17.6 Å². The normalized spacial score (nSPS) is 9.53. The van der Waals surface area contributed by atoms with Gasteiger partial charge in [-0.1, -0.05) is 0 Å². The van der Waals surface area contributed by atoms with E-state index in [2.05, 4.69) is 0 Å². The molecule has 0 aliphatic carbocycles. The first-order valence-electron chi connectivity index (χ1n) is 5.26. The smallest absolute Gasteiger partial charge is 0.167 e. The highest BCUT2D eigenvalue weighted by atomic mass is 16.5. The Morgan fingerprint density at radius 3 is 2.47 bits per heavy atom. The van der Waals surface area contributed by atoms with Crippen molar-refractivity contribution in [2.75, 3.05) is 14.2 Å². The van der Waals surface area contributed by atoms with Gasteiger partial charge < -0.3 is 9.47 Å². The molecule has 0 amide bonds. The van der Waals surface area contributed by atoms with Gasteiger partial charge >= 0.3 is 0 Å². The summed E-state index contributed by atoms with van der Waals surface area (Å²) >= 11 is 0. The Kier molecular flexibility index (Phi) is 4.53. The second-order valence-electron chi connectivity index (χ2n) is 3.60. The molecule has 0 aromatic heterocycles. The Morgan fingerprint density at radius 2 is 1.94 bits per heavy atom. The van der Waals surface area contributed by atoms with Crippen LogP contribution in [0.2, 0.25) is 0 Å². The van der Waals surface area contributed by atoms with Gasteiger partial charge in [0.05, 0.1) is 25.9 Å². The van der Waals surface area contributed by atoms with E-state index in [-0.39, 0.29) is 18.6 Å². The number of methoxy groups -OCH3 is 2. The Hall–Kier alpha value is -2.02. The van der Waals surface area contributed by atoms with Gasteiger partial charge in [0.15, 0.2) is 5.78 Å². The second kappa shape index (κ2) is 5.90. The number of aryl methyl sites for hydroxylation is 1. The highest BCUT2D eigenvalue weighted by molar-refractivity contribution is 5.99. The van der Waals surface area contributed by atoms with Crippen LogP contribution in [0, 0.1) is 18.3 Å². The molecule has 90 valence electrons. The SMILES string of the molecule is COc1cc(C(=O)CCC#N)c(OC)cc1C. The highest BCUT2D eigenvalue weighted by Gasteiger charge is 2.15. The van der Waals surface area contributed by atoms with Crippen molar-refractivity contribution in [3.63, 3.8) is 0 Å². The van der Waals surface area contributed by atoms with Gasteiger partial charge in [-0.2, -0.15) is 5.26 Å². The van der Waals surface area contributed by atoms with Crippen molar-refractivity contribution in [2.45, 2.75) is 19.8 Å². The van der Waals surface area contributed by atoms with E-state index in [1.54, 1.807) is 19.2 Å². The molecule has 0 saturated heterocycles. The summed E-state index contributed by atoms with van der Waals surface area (Å²) in [4.78, 5) is 11.9. The van der Waals surface area contributed by atoms with E-state index in [1.165, 1.54) is 7.11 Å². The van der Waals surface area contributed by atoms with Gasteiger partial charge in [-0.05, 0) is 24.6 Å². The fraction of sp³-hybridized carbons (Fsp3) is 0.385. The van der Waals surface area contributed by atoms with Gasteiger partial charge in [-0.3, -0.25) is 4.79 Å². The Morgan fingerprint density at radius 1 is 1.29 bits per heavy atom. The minimum atomic E-state index is -0.110. The summed E-state index contributed by atoms with van der Waals surface area (Å²) in [6.45, 7) is 1.88. The summed E-state index contributed by atoms with van der Waals surface area (Å²) < 4.78 is 10.3. The Bertz CT molecular complexity index is 460. The lowest BCUT2D eigenvalue weighted by atomic mass is 10.0. The molecule has 4 heteroatoms. The molecular formula is C13H15NO3. The highest BCUT2D eigenvalue weighted by Crippen LogP contribution is 2.29. The standard InChI is InChI=1S/C13H15NO3/c1-9-7-13(17-3)10(8-12(9)16-2)11(15)5-4-6-14/h7-8H,4-5H2,1-3H3. The molecule has 17 heavy (non-hydrogen) atoms. The van der Waals surface area contributed by atoms with E-state index in [0.29, 0.717) is 17.1 Å². The minimum Gasteiger partial charge on any atom is -0.496 e.